The van der Waals surface area contributed by atoms with Crippen LogP contribution in [0.4, 0.5) is 5.13 Å². The number of nitrogens with zero attached hydrogens (tertiary/aromatic N) is 4. The molecule has 1 fully saturated rings. The van der Waals surface area contributed by atoms with Crippen molar-refractivity contribution in [2.45, 2.75) is 77.2 Å². The van der Waals surface area contributed by atoms with Gasteiger partial charge in [-0.05, 0) is 36.3 Å². The lowest BCUT2D eigenvalue weighted by Crippen LogP contribution is -2.33. The molecule has 7 nitrogen and oxygen atoms in total. The van der Waals surface area contributed by atoms with Crippen LogP contribution in [0.15, 0.2) is 40.8 Å². The fourth-order valence-corrected chi connectivity index (χ4v) is 6.75. The summed E-state index contributed by atoms with van der Waals surface area (Å²) in [5.74, 6) is 0.600. The summed E-state index contributed by atoms with van der Waals surface area (Å²) in [4.78, 5) is 32.1. The highest BCUT2D eigenvalue weighted by atomic mass is 32.1. The standard InChI is InChI=1S/C27H31N5O2S2/c1-4-21(23(33)29-27-31-30-24(36-27)19-8-6-5-7-9-19)32-15-28-25-22(26(32)34)20(14-35-25)18-12-10-17(11-13-18)16(2)3/h10-16,19,21H,4-9H2,1-3H3,(H,29,31,33). The highest BCUT2D eigenvalue weighted by Crippen LogP contribution is 2.35. The zero-order valence-corrected chi connectivity index (χ0v) is 22.5. The Labute approximate surface area is 218 Å². The normalized spacial score (nSPS) is 15.4. The van der Waals surface area contributed by atoms with Crippen LogP contribution in [-0.2, 0) is 4.79 Å². The molecule has 36 heavy (non-hydrogen) atoms. The van der Waals surface area contributed by atoms with E-state index in [-0.39, 0.29) is 11.5 Å². The van der Waals surface area contributed by atoms with E-state index < -0.39 is 6.04 Å². The maximum Gasteiger partial charge on any atom is 0.263 e. The molecular formula is C27H31N5O2S2. The fourth-order valence-electron chi connectivity index (χ4n) is 4.92. The summed E-state index contributed by atoms with van der Waals surface area (Å²) in [6, 6.07) is 7.62. The molecule has 4 aromatic rings. The van der Waals surface area contributed by atoms with Gasteiger partial charge in [0.2, 0.25) is 11.0 Å². The molecule has 1 N–H and O–H groups in total. The van der Waals surface area contributed by atoms with E-state index in [0.29, 0.717) is 33.6 Å². The third kappa shape index (κ3) is 4.86. The van der Waals surface area contributed by atoms with Gasteiger partial charge in [0.1, 0.15) is 15.9 Å². The van der Waals surface area contributed by atoms with Crippen LogP contribution in [0, 0.1) is 0 Å². The van der Waals surface area contributed by atoms with Crippen molar-refractivity contribution in [3.63, 3.8) is 0 Å². The van der Waals surface area contributed by atoms with Gasteiger partial charge in [0.25, 0.3) is 5.56 Å². The number of rotatable bonds is 7. The number of thiophene rings is 1. The first-order valence-corrected chi connectivity index (χ1v) is 14.4. The second kappa shape index (κ2) is 10.6. The highest BCUT2D eigenvalue weighted by Gasteiger charge is 2.25. The van der Waals surface area contributed by atoms with E-state index in [1.54, 1.807) is 0 Å². The summed E-state index contributed by atoms with van der Waals surface area (Å²) in [6.45, 7) is 6.21. The molecule has 1 unspecified atom stereocenters. The Morgan fingerprint density at radius 2 is 1.89 bits per heavy atom. The monoisotopic (exact) mass is 521 g/mol. The molecule has 1 aromatic carbocycles. The molecule has 0 bridgehead atoms. The largest absolute Gasteiger partial charge is 0.299 e. The molecule has 0 spiro atoms. The number of fused-ring (bicyclic) bond motifs is 1. The van der Waals surface area contributed by atoms with Crippen molar-refractivity contribution in [2.75, 3.05) is 5.32 Å². The summed E-state index contributed by atoms with van der Waals surface area (Å²) >= 11 is 2.89. The smallest absolute Gasteiger partial charge is 0.263 e. The van der Waals surface area contributed by atoms with E-state index >= 15 is 0 Å². The Balaban J connectivity index is 1.42. The Morgan fingerprint density at radius 1 is 1.14 bits per heavy atom. The Morgan fingerprint density at radius 3 is 2.58 bits per heavy atom. The number of benzene rings is 1. The molecule has 1 aliphatic carbocycles. The molecule has 5 rings (SSSR count). The summed E-state index contributed by atoms with van der Waals surface area (Å²) in [5, 5.41) is 15.5. The number of hydrogen-bond donors (Lipinski definition) is 1. The predicted octanol–water partition coefficient (Wildman–Crippen LogP) is 6.74. The van der Waals surface area contributed by atoms with Crippen LogP contribution in [-0.4, -0.2) is 25.7 Å². The predicted molar refractivity (Wildman–Crippen MR) is 147 cm³/mol. The summed E-state index contributed by atoms with van der Waals surface area (Å²) < 4.78 is 1.46. The summed E-state index contributed by atoms with van der Waals surface area (Å²) in [6.07, 6.45) is 7.92. The fraction of sp³-hybridized carbons (Fsp3) is 0.444. The van der Waals surface area contributed by atoms with Gasteiger partial charge in [-0.25, -0.2) is 4.98 Å². The minimum absolute atomic E-state index is 0.202. The van der Waals surface area contributed by atoms with Crippen LogP contribution in [0.3, 0.4) is 0 Å². The summed E-state index contributed by atoms with van der Waals surface area (Å²) in [5.41, 5.74) is 2.88. The second-order valence-corrected chi connectivity index (χ2v) is 11.6. The van der Waals surface area contributed by atoms with Gasteiger partial charge in [-0.1, -0.05) is 75.6 Å². The number of aromatic nitrogens is 4. The zero-order chi connectivity index (χ0) is 25.2. The molecule has 3 aromatic heterocycles. The van der Waals surface area contributed by atoms with Crippen LogP contribution in [0.1, 0.15) is 87.7 Å². The maximum atomic E-state index is 13.7. The number of hydrogen-bond acceptors (Lipinski definition) is 7. The lowest BCUT2D eigenvalue weighted by atomic mass is 9.90. The molecule has 1 amide bonds. The number of carbonyl (C=O) groups excluding carboxylic acids is 1. The van der Waals surface area contributed by atoms with Gasteiger partial charge in [0.15, 0.2) is 0 Å². The zero-order valence-electron chi connectivity index (χ0n) is 20.9. The third-order valence-corrected chi connectivity index (χ3v) is 8.95. The maximum absolute atomic E-state index is 13.7. The van der Waals surface area contributed by atoms with Gasteiger partial charge in [0.05, 0.1) is 11.7 Å². The van der Waals surface area contributed by atoms with Crippen molar-refractivity contribution in [3.05, 3.63) is 56.9 Å². The van der Waals surface area contributed by atoms with Crippen LogP contribution in [0.25, 0.3) is 21.3 Å². The first-order valence-electron chi connectivity index (χ1n) is 12.7. The van der Waals surface area contributed by atoms with Crippen molar-refractivity contribution in [2.24, 2.45) is 0 Å². The molecule has 188 valence electrons. The molecule has 0 aliphatic heterocycles. The van der Waals surface area contributed by atoms with E-state index in [9.17, 15) is 9.59 Å². The van der Waals surface area contributed by atoms with Gasteiger partial charge in [-0.2, -0.15) is 0 Å². The van der Waals surface area contributed by atoms with Crippen LogP contribution >= 0.6 is 22.7 Å². The topological polar surface area (TPSA) is 89.8 Å². The average molecular weight is 522 g/mol. The molecule has 0 saturated heterocycles. The SMILES string of the molecule is CCC(C(=O)Nc1nnc(C2CCCCC2)s1)n1cnc2scc(-c3ccc(C(C)C)cc3)c2c1=O. The van der Waals surface area contributed by atoms with E-state index in [1.165, 1.54) is 58.4 Å². The molecule has 9 heteroatoms. The molecule has 3 heterocycles. The van der Waals surface area contributed by atoms with E-state index in [4.69, 9.17) is 0 Å². The van der Waals surface area contributed by atoms with Gasteiger partial charge in [0, 0.05) is 16.9 Å². The van der Waals surface area contributed by atoms with Crippen molar-refractivity contribution in [1.82, 2.24) is 19.7 Å². The Bertz CT molecular complexity index is 1410. The van der Waals surface area contributed by atoms with Crippen molar-refractivity contribution in [3.8, 4) is 11.1 Å². The lowest BCUT2D eigenvalue weighted by Gasteiger charge is -2.18. The molecule has 0 radical (unpaired) electrons. The van der Waals surface area contributed by atoms with Gasteiger partial charge in [-0.3, -0.25) is 19.5 Å². The first kappa shape index (κ1) is 24.8. The van der Waals surface area contributed by atoms with Gasteiger partial charge in [-0.15, -0.1) is 21.5 Å². The average Bonchev–Trinajstić information content (AvgIpc) is 3.54. The Hall–Kier alpha value is -2.91. The van der Waals surface area contributed by atoms with Crippen LogP contribution in [0.5, 0.6) is 0 Å². The quantitative estimate of drug-likeness (QED) is 0.291. The molecule has 1 atom stereocenters. The Kier molecular flexibility index (Phi) is 7.29. The summed E-state index contributed by atoms with van der Waals surface area (Å²) in [7, 11) is 0. The van der Waals surface area contributed by atoms with Crippen molar-refractivity contribution in [1.29, 1.82) is 0 Å². The minimum Gasteiger partial charge on any atom is -0.299 e. The van der Waals surface area contributed by atoms with Gasteiger partial charge >= 0.3 is 0 Å². The first-order chi connectivity index (χ1) is 17.5. The van der Waals surface area contributed by atoms with Crippen LogP contribution < -0.4 is 10.9 Å². The second-order valence-electron chi connectivity index (χ2n) is 9.76. The molecular weight excluding hydrogens is 490 g/mol. The number of amides is 1. The van der Waals surface area contributed by atoms with Gasteiger partial charge < -0.3 is 0 Å². The number of carbonyl (C=O) groups is 1. The lowest BCUT2D eigenvalue weighted by molar-refractivity contribution is -0.119. The highest BCUT2D eigenvalue weighted by molar-refractivity contribution is 7.17. The third-order valence-electron chi connectivity index (χ3n) is 7.06. The van der Waals surface area contributed by atoms with E-state index in [0.717, 1.165) is 29.0 Å². The van der Waals surface area contributed by atoms with Crippen LogP contribution in [0.2, 0.25) is 0 Å². The minimum atomic E-state index is -0.688. The molecule has 1 aliphatic rings. The van der Waals surface area contributed by atoms with Crippen molar-refractivity contribution < 1.29 is 4.79 Å². The number of anilines is 1. The molecule has 1 saturated carbocycles. The van der Waals surface area contributed by atoms with E-state index in [2.05, 4.69) is 58.6 Å². The number of nitrogens with one attached hydrogen (secondary N) is 1. The van der Waals surface area contributed by atoms with Crippen molar-refractivity contribution >= 4 is 43.9 Å². The van der Waals surface area contributed by atoms with E-state index in [1.807, 2.05) is 12.3 Å².